The van der Waals surface area contributed by atoms with Crippen LogP contribution in [0.4, 0.5) is 5.69 Å². The maximum Gasteiger partial charge on any atom is 0.0487 e. The Hall–Kier alpha value is -0.940. The van der Waals surface area contributed by atoms with E-state index in [0.717, 1.165) is 29.5 Å². The van der Waals surface area contributed by atoms with Gasteiger partial charge >= 0.3 is 0 Å². The van der Waals surface area contributed by atoms with Crippen LogP contribution in [0.3, 0.4) is 0 Å². The largest absolute Gasteiger partial charge is 0.384 e. The summed E-state index contributed by atoms with van der Waals surface area (Å²) in [5, 5.41) is 3.35. The van der Waals surface area contributed by atoms with Crippen molar-refractivity contribution in [1.29, 1.82) is 0 Å². The van der Waals surface area contributed by atoms with Crippen LogP contribution in [0.1, 0.15) is 18.4 Å². The van der Waals surface area contributed by atoms with Gasteiger partial charge in [-0.25, -0.2) is 0 Å². The summed E-state index contributed by atoms with van der Waals surface area (Å²) in [6, 6.07) is 6.26. The van der Waals surface area contributed by atoms with Crippen molar-refractivity contribution in [3.8, 4) is 12.3 Å². The molecule has 0 aliphatic heterocycles. The van der Waals surface area contributed by atoms with Gasteiger partial charge in [-0.2, -0.15) is 0 Å². The SMILES string of the molecule is C#CCCCNc1cc(C)ccc1Br. The van der Waals surface area contributed by atoms with Crippen LogP contribution < -0.4 is 5.32 Å². The summed E-state index contributed by atoms with van der Waals surface area (Å²) in [6.07, 6.45) is 7.02. The van der Waals surface area contributed by atoms with Gasteiger partial charge in [-0.05, 0) is 47.0 Å². The predicted molar refractivity (Wildman–Crippen MR) is 65.4 cm³/mol. The molecule has 0 saturated heterocycles. The Kier molecular flexibility index (Phi) is 4.55. The smallest absolute Gasteiger partial charge is 0.0487 e. The average Bonchev–Trinajstić information content (AvgIpc) is 2.18. The molecule has 1 rings (SSSR count). The molecule has 0 unspecified atom stereocenters. The first-order chi connectivity index (χ1) is 6.74. The summed E-state index contributed by atoms with van der Waals surface area (Å²) in [7, 11) is 0. The highest BCUT2D eigenvalue weighted by atomic mass is 79.9. The van der Waals surface area contributed by atoms with E-state index < -0.39 is 0 Å². The van der Waals surface area contributed by atoms with E-state index in [0.29, 0.717) is 0 Å². The summed E-state index contributed by atoms with van der Waals surface area (Å²) in [6.45, 7) is 3.01. The molecule has 1 aromatic carbocycles. The zero-order valence-electron chi connectivity index (χ0n) is 8.31. The van der Waals surface area contributed by atoms with E-state index >= 15 is 0 Å². The Bertz CT molecular complexity index is 339. The number of rotatable bonds is 4. The highest BCUT2D eigenvalue weighted by molar-refractivity contribution is 9.10. The van der Waals surface area contributed by atoms with E-state index in [4.69, 9.17) is 6.42 Å². The molecule has 1 nitrogen and oxygen atoms in total. The topological polar surface area (TPSA) is 12.0 Å². The Balaban J connectivity index is 2.50. The quantitative estimate of drug-likeness (QED) is 0.638. The molecule has 0 radical (unpaired) electrons. The lowest BCUT2D eigenvalue weighted by Crippen LogP contribution is -2.01. The molecule has 0 atom stereocenters. The van der Waals surface area contributed by atoms with E-state index in [9.17, 15) is 0 Å². The molecular weight excluding hydrogens is 238 g/mol. The number of terminal acetylenes is 1. The van der Waals surface area contributed by atoms with E-state index in [1.54, 1.807) is 0 Å². The number of hydrogen-bond acceptors (Lipinski definition) is 1. The van der Waals surface area contributed by atoms with Gasteiger partial charge in [0.2, 0.25) is 0 Å². The van der Waals surface area contributed by atoms with Crippen LogP contribution in [-0.4, -0.2) is 6.54 Å². The summed E-state index contributed by atoms with van der Waals surface area (Å²) < 4.78 is 1.10. The Morgan fingerprint density at radius 3 is 3.00 bits per heavy atom. The second-order valence-corrected chi connectivity index (χ2v) is 4.07. The maximum absolute atomic E-state index is 5.17. The van der Waals surface area contributed by atoms with E-state index in [-0.39, 0.29) is 0 Å². The lowest BCUT2D eigenvalue weighted by Gasteiger charge is -2.08. The Morgan fingerprint density at radius 1 is 1.50 bits per heavy atom. The molecule has 0 spiro atoms. The molecule has 2 heteroatoms. The zero-order valence-corrected chi connectivity index (χ0v) is 9.89. The van der Waals surface area contributed by atoms with E-state index in [2.05, 4.69) is 52.3 Å². The number of benzene rings is 1. The van der Waals surface area contributed by atoms with Gasteiger partial charge in [0.25, 0.3) is 0 Å². The molecule has 0 fully saturated rings. The Morgan fingerprint density at radius 2 is 2.29 bits per heavy atom. The van der Waals surface area contributed by atoms with Crippen LogP contribution in [0.2, 0.25) is 0 Å². The van der Waals surface area contributed by atoms with Gasteiger partial charge < -0.3 is 5.32 Å². The van der Waals surface area contributed by atoms with Gasteiger partial charge in [-0.1, -0.05) is 6.07 Å². The van der Waals surface area contributed by atoms with E-state index in [1.807, 2.05) is 0 Å². The predicted octanol–water partition coefficient (Wildman–Crippen LogP) is 3.58. The fraction of sp³-hybridized carbons (Fsp3) is 0.333. The average molecular weight is 252 g/mol. The summed E-state index contributed by atoms with van der Waals surface area (Å²) in [5.74, 6) is 2.63. The third-order valence-corrected chi connectivity index (χ3v) is 2.63. The maximum atomic E-state index is 5.17. The van der Waals surface area contributed by atoms with Gasteiger partial charge in [0.15, 0.2) is 0 Å². The molecule has 0 amide bonds. The van der Waals surface area contributed by atoms with Gasteiger partial charge in [0, 0.05) is 23.1 Å². The van der Waals surface area contributed by atoms with Crippen molar-refractivity contribution >= 4 is 21.6 Å². The van der Waals surface area contributed by atoms with Crippen LogP contribution in [0.5, 0.6) is 0 Å². The minimum Gasteiger partial charge on any atom is -0.384 e. The van der Waals surface area contributed by atoms with Gasteiger partial charge in [-0.15, -0.1) is 12.3 Å². The molecule has 14 heavy (non-hydrogen) atoms. The van der Waals surface area contributed by atoms with Crippen LogP contribution >= 0.6 is 15.9 Å². The number of unbranched alkanes of at least 4 members (excludes halogenated alkanes) is 1. The summed E-state index contributed by atoms with van der Waals surface area (Å²) in [4.78, 5) is 0. The number of hydrogen-bond donors (Lipinski definition) is 1. The summed E-state index contributed by atoms with van der Waals surface area (Å²) in [5.41, 5.74) is 2.40. The fourth-order valence-electron chi connectivity index (χ4n) is 1.19. The molecule has 0 saturated carbocycles. The second kappa shape index (κ2) is 5.72. The van der Waals surface area contributed by atoms with Crippen LogP contribution in [0.25, 0.3) is 0 Å². The van der Waals surface area contributed by atoms with Crippen molar-refractivity contribution in [3.05, 3.63) is 28.2 Å². The number of halogens is 1. The lowest BCUT2D eigenvalue weighted by molar-refractivity contribution is 0.906. The minimum atomic E-state index is 0.830. The monoisotopic (exact) mass is 251 g/mol. The first-order valence-corrected chi connectivity index (χ1v) is 5.47. The zero-order chi connectivity index (χ0) is 10.4. The molecule has 1 N–H and O–H groups in total. The van der Waals surface area contributed by atoms with Gasteiger partial charge in [0.05, 0.1) is 0 Å². The third kappa shape index (κ3) is 3.43. The molecule has 74 valence electrons. The normalized spacial score (nSPS) is 9.50. The van der Waals surface area contributed by atoms with Crippen molar-refractivity contribution in [1.82, 2.24) is 0 Å². The van der Waals surface area contributed by atoms with Crippen molar-refractivity contribution in [2.75, 3.05) is 11.9 Å². The first kappa shape index (κ1) is 11.1. The summed E-state index contributed by atoms with van der Waals surface area (Å²) >= 11 is 3.50. The van der Waals surface area contributed by atoms with Gasteiger partial charge in [0.1, 0.15) is 0 Å². The van der Waals surface area contributed by atoms with Gasteiger partial charge in [-0.3, -0.25) is 0 Å². The van der Waals surface area contributed by atoms with Crippen LogP contribution in [0, 0.1) is 19.3 Å². The van der Waals surface area contributed by atoms with Crippen molar-refractivity contribution < 1.29 is 0 Å². The number of anilines is 1. The number of nitrogens with one attached hydrogen (secondary N) is 1. The third-order valence-electron chi connectivity index (χ3n) is 1.94. The molecule has 0 aliphatic rings. The van der Waals surface area contributed by atoms with Crippen molar-refractivity contribution in [2.24, 2.45) is 0 Å². The van der Waals surface area contributed by atoms with Crippen LogP contribution in [-0.2, 0) is 0 Å². The molecule has 1 aromatic rings. The standard InChI is InChI=1S/C12H14BrN/c1-3-4-5-8-14-12-9-10(2)6-7-11(12)13/h1,6-7,9,14H,4-5,8H2,2H3. The molecule has 0 aliphatic carbocycles. The lowest BCUT2D eigenvalue weighted by atomic mass is 10.2. The molecule has 0 heterocycles. The minimum absolute atomic E-state index is 0.830. The Labute approximate surface area is 94.0 Å². The molecular formula is C12H14BrN. The molecule has 0 aromatic heterocycles. The first-order valence-electron chi connectivity index (χ1n) is 4.67. The highest BCUT2D eigenvalue weighted by Crippen LogP contribution is 2.23. The fourth-order valence-corrected chi connectivity index (χ4v) is 1.57. The number of aryl methyl sites for hydroxylation is 1. The molecule has 0 bridgehead atoms. The van der Waals surface area contributed by atoms with Crippen LogP contribution in [0.15, 0.2) is 22.7 Å². The van der Waals surface area contributed by atoms with Crippen molar-refractivity contribution in [3.63, 3.8) is 0 Å². The van der Waals surface area contributed by atoms with E-state index in [1.165, 1.54) is 5.56 Å². The highest BCUT2D eigenvalue weighted by Gasteiger charge is 1.97. The second-order valence-electron chi connectivity index (χ2n) is 3.22. The van der Waals surface area contributed by atoms with Crippen molar-refractivity contribution in [2.45, 2.75) is 19.8 Å².